The first kappa shape index (κ1) is 18.5. The van der Waals surface area contributed by atoms with Crippen molar-refractivity contribution in [3.63, 3.8) is 0 Å². The summed E-state index contributed by atoms with van der Waals surface area (Å²) in [5, 5.41) is 11.0. The van der Waals surface area contributed by atoms with Gasteiger partial charge in [0.1, 0.15) is 13.2 Å². The Balaban J connectivity index is 1.46. The van der Waals surface area contributed by atoms with Crippen LogP contribution in [-0.2, 0) is 4.79 Å². The lowest BCUT2D eigenvalue weighted by molar-refractivity contribution is -0.114. The molecule has 9 heteroatoms. The Hall–Kier alpha value is -2.90. The van der Waals surface area contributed by atoms with E-state index >= 15 is 0 Å². The molecular weight excluding hydrogens is 403 g/mol. The van der Waals surface area contributed by atoms with Gasteiger partial charge in [-0.2, -0.15) is 5.10 Å². The number of carbonyl (C=O) groups is 1. The minimum absolute atomic E-state index is 0.0133. The van der Waals surface area contributed by atoms with Gasteiger partial charge in [0.05, 0.1) is 28.6 Å². The van der Waals surface area contributed by atoms with Crippen molar-refractivity contribution in [2.75, 3.05) is 30.4 Å². The second kappa shape index (κ2) is 8.00. The van der Waals surface area contributed by atoms with Crippen LogP contribution in [0, 0.1) is 0 Å². The molecule has 0 fully saturated rings. The van der Waals surface area contributed by atoms with Crippen LogP contribution in [0.25, 0.3) is 5.69 Å². The van der Waals surface area contributed by atoms with Crippen LogP contribution < -0.4 is 20.1 Å². The minimum atomic E-state index is -0.273. The number of halogens is 2. The summed E-state index contributed by atoms with van der Waals surface area (Å²) in [7, 11) is 0. The summed E-state index contributed by atoms with van der Waals surface area (Å²) in [5.41, 5.74) is 1.91. The molecule has 1 aliphatic heterocycles. The molecule has 0 saturated heterocycles. The highest BCUT2D eigenvalue weighted by Gasteiger charge is 2.16. The Morgan fingerprint density at radius 2 is 1.89 bits per heavy atom. The van der Waals surface area contributed by atoms with Gasteiger partial charge in [0, 0.05) is 29.5 Å². The first-order valence-corrected chi connectivity index (χ1v) is 9.28. The van der Waals surface area contributed by atoms with Crippen LogP contribution in [0.15, 0.2) is 48.8 Å². The molecule has 3 aromatic rings. The molecule has 7 nitrogen and oxygen atoms in total. The van der Waals surface area contributed by atoms with E-state index in [2.05, 4.69) is 15.7 Å². The maximum Gasteiger partial charge on any atom is 0.243 e. The Bertz CT molecular complexity index is 1010. The zero-order chi connectivity index (χ0) is 19.5. The fourth-order valence-electron chi connectivity index (χ4n) is 2.79. The van der Waals surface area contributed by atoms with Crippen molar-refractivity contribution in [3.8, 4) is 17.2 Å². The van der Waals surface area contributed by atoms with Crippen LogP contribution in [0.5, 0.6) is 11.5 Å². The van der Waals surface area contributed by atoms with Crippen LogP contribution in [-0.4, -0.2) is 35.4 Å². The number of fused-ring (bicyclic) bond motifs is 1. The number of amides is 1. The predicted molar refractivity (Wildman–Crippen MR) is 108 cm³/mol. The number of carbonyl (C=O) groups excluding carboxylic acids is 1. The summed E-state index contributed by atoms with van der Waals surface area (Å²) >= 11 is 12.3. The molecule has 2 aromatic carbocycles. The fraction of sp³-hybridized carbons (Fsp3) is 0.158. The van der Waals surface area contributed by atoms with E-state index in [0.717, 1.165) is 5.69 Å². The molecule has 0 spiro atoms. The number of nitrogens with zero attached hydrogens (tertiary/aromatic N) is 2. The zero-order valence-corrected chi connectivity index (χ0v) is 16.1. The van der Waals surface area contributed by atoms with Gasteiger partial charge in [-0.1, -0.05) is 23.2 Å². The van der Waals surface area contributed by atoms with Crippen LogP contribution >= 0.6 is 23.2 Å². The number of aromatic nitrogens is 2. The van der Waals surface area contributed by atoms with Crippen molar-refractivity contribution in [3.05, 3.63) is 58.8 Å². The lowest BCUT2D eigenvalue weighted by Crippen LogP contribution is -2.23. The maximum absolute atomic E-state index is 12.4. The molecule has 144 valence electrons. The SMILES string of the molecule is O=C(CNc1cc(Cl)ccc1-n1cccn1)Nc1cc2c(cc1Cl)OCCO2. The Morgan fingerprint density at radius 3 is 2.64 bits per heavy atom. The van der Waals surface area contributed by atoms with E-state index < -0.39 is 0 Å². The molecule has 1 amide bonds. The predicted octanol–water partition coefficient (Wildman–Crippen LogP) is 4.00. The van der Waals surface area contributed by atoms with Crippen molar-refractivity contribution in [1.82, 2.24) is 9.78 Å². The largest absolute Gasteiger partial charge is 0.486 e. The molecule has 0 aliphatic carbocycles. The van der Waals surface area contributed by atoms with E-state index in [0.29, 0.717) is 46.1 Å². The molecule has 0 unspecified atom stereocenters. The topological polar surface area (TPSA) is 77.4 Å². The Labute approximate surface area is 171 Å². The van der Waals surface area contributed by atoms with Crippen molar-refractivity contribution in [2.45, 2.75) is 0 Å². The van der Waals surface area contributed by atoms with Crippen LogP contribution in [0.4, 0.5) is 11.4 Å². The third-order valence-electron chi connectivity index (χ3n) is 4.06. The molecule has 0 atom stereocenters. The van der Waals surface area contributed by atoms with E-state index in [1.165, 1.54) is 0 Å². The summed E-state index contributed by atoms with van der Waals surface area (Å²) in [6, 6.07) is 10.4. The number of nitrogens with one attached hydrogen (secondary N) is 2. The van der Waals surface area contributed by atoms with E-state index in [1.807, 2.05) is 18.3 Å². The molecule has 0 bridgehead atoms. The summed E-state index contributed by atoms with van der Waals surface area (Å²) < 4.78 is 12.7. The van der Waals surface area contributed by atoms with Crippen LogP contribution in [0.3, 0.4) is 0 Å². The average Bonchev–Trinajstić information content (AvgIpc) is 3.21. The standard InChI is InChI=1S/C19H16Cl2N4O3/c20-12-2-3-16(25-5-1-4-23-25)15(8-12)22-11-19(26)24-14-10-18-17(9-13(14)21)27-6-7-28-18/h1-5,8-10,22H,6-7,11H2,(H,24,26). The highest BCUT2D eigenvalue weighted by Crippen LogP contribution is 2.38. The van der Waals surface area contributed by atoms with Crippen molar-refractivity contribution in [2.24, 2.45) is 0 Å². The van der Waals surface area contributed by atoms with E-state index in [1.54, 1.807) is 35.1 Å². The van der Waals surface area contributed by atoms with Gasteiger partial charge in [-0.25, -0.2) is 4.68 Å². The highest BCUT2D eigenvalue weighted by molar-refractivity contribution is 6.34. The molecule has 0 saturated carbocycles. The molecule has 0 radical (unpaired) electrons. The van der Waals surface area contributed by atoms with Crippen molar-refractivity contribution in [1.29, 1.82) is 0 Å². The van der Waals surface area contributed by atoms with Crippen LogP contribution in [0.2, 0.25) is 10.0 Å². The average molecular weight is 419 g/mol. The lowest BCUT2D eigenvalue weighted by Gasteiger charge is -2.20. The minimum Gasteiger partial charge on any atom is -0.486 e. The number of hydrogen-bond acceptors (Lipinski definition) is 5. The van der Waals surface area contributed by atoms with Gasteiger partial charge in [0.25, 0.3) is 0 Å². The van der Waals surface area contributed by atoms with Crippen molar-refractivity contribution < 1.29 is 14.3 Å². The zero-order valence-electron chi connectivity index (χ0n) is 14.6. The van der Waals surface area contributed by atoms with Gasteiger partial charge in [-0.3, -0.25) is 4.79 Å². The summed E-state index contributed by atoms with van der Waals surface area (Å²) in [6.07, 6.45) is 3.48. The first-order chi connectivity index (χ1) is 13.6. The van der Waals surface area contributed by atoms with Crippen molar-refractivity contribution >= 4 is 40.5 Å². The smallest absolute Gasteiger partial charge is 0.243 e. The third-order valence-corrected chi connectivity index (χ3v) is 4.60. The van der Waals surface area contributed by atoms with Gasteiger partial charge >= 0.3 is 0 Å². The summed E-state index contributed by atoms with van der Waals surface area (Å²) in [5.74, 6) is 0.842. The van der Waals surface area contributed by atoms with E-state index in [9.17, 15) is 4.79 Å². The molecule has 1 aliphatic rings. The second-order valence-corrected chi connectivity index (χ2v) is 6.83. The first-order valence-electron chi connectivity index (χ1n) is 8.52. The third kappa shape index (κ3) is 4.00. The molecule has 4 rings (SSSR count). The number of ether oxygens (including phenoxy) is 2. The molecule has 2 N–H and O–H groups in total. The van der Waals surface area contributed by atoms with Gasteiger partial charge in [0.2, 0.25) is 5.91 Å². The second-order valence-electron chi connectivity index (χ2n) is 5.99. The quantitative estimate of drug-likeness (QED) is 0.654. The van der Waals surface area contributed by atoms with E-state index in [-0.39, 0.29) is 12.5 Å². The van der Waals surface area contributed by atoms with E-state index in [4.69, 9.17) is 32.7 Å². The summed E-state index contributed by atoms with van der Waals surface area (Å²) in [4.78, 5) is 12.4. The van der Waals surface area contributed by atoms with Gasteiger partial charge < -0.3 is 20.1 Å². The maximum atomic E-state index is 12.4. The highest BCUT2D eigenvalue weighted by atomic mass is 35.5. The van der Waals surface area contributed by atoms with Crippen LogP contribution in [0.1, 0.15) is 0 Å². The monoisotopic (exact) mass is 418 g/mol. The number of rotatable bonds is 5. The van der Waals surface area contributed by atoms with Gasteiger partial charge in [0.15, 0.2) is 11.5 Å². The number of anilines is 2. The Kier molecular flexibility index (Phi) is 5.27. The number of hydrogen-bond donors (Lipinski definition) is 2. The fourth-order valence-corrected chi connectivity index (χ4v) is 3.16. The normalized spacial score (nSPS) is 12.5. The van der Waals surface area contributed by atoms with Gasteiger partial charge in [-0.15, -0.1) is 0 Å². The molecule has 2 heterocycles. The lowest BCUT2D eigenvalue weighted by atomic mass is 10.2. The summed E-state index contributed by atoms with van der Waals surface area (Å²) in [6.45, 7) is 0.936. The molecule has 1 aromatic heterocycles. The number of benzene rings is 2. The molecule has 28 heavy (non-hydrogen) atoms. The van der Waals surface area contributed by atoms with Gasteiger partial charge in [-0.05, 0) is 24.3 Å². The molecular formula is C19H16Cl2N4O3. The Morgan fingerprint density at radius 1 is 1.11 bits per heavy atom.